The largest absolute Gasteiger partial charge is 0.481 e. The zero-order valence-corrected chi connectivity index (χ0v) is 19.4. The predicted molar refractivity (Wildman–Crippen MR) is 134 cm³/mol. The first-order valence-electron chi connectivity index (χ1n) is 10.8. The van der Waals surface area contributed by atoms with Crippen molar-refractivity contribution in [2.75, 3.05) is 0 Å². The molecule has 0 fully saturated rings. The normalized spacial score (nSPS) is 11.3. The summed E-state index contributed by atoms with van der Waals surface area (Å²) in [5, 5.41) is 15.5. The van der Waals surface area contributed by atoms with Crippen LogP contribution in [-0.2, 0) is 24.8 Å². The van der Waals surface area contributed by atoms with E-state index in [9.17, 15) is 19.5 Å². The number of carbonyl (C=O) groups is 1. The fraction of sp³-hybridized carbons (Fsp3) is 0.115. The molecule has 0 aliphatic heterocycles. The third-order valence-corrected chi connectivity index (χ3v) is 6.08. The number of benzene rings is 3. The molecule has 174 valence electrons. The van der Waals surface area contributed by atoms with Gasteiger partial charge in [-0.1, -0.05) is 54.1 Å². The van der Waals surface area contributed by atoms with Crippen LogP contribution >= 0.6 is 11.6 Å². The maximum Gasteiger partial charge on any atom is 0.309 e. The van der Waals surface area contributed by atoms with Crippen LogP contribution in [0.15, 0.2) is 76.3 Å². The van der Waals surface area contributed by atoms with Gasteiger partial charge in [0.25, 0.3) is 11.1 Å². The van der Waals surface area contributed by atoms with Gasteiger partial charge in [-0.2, -0.15) is 5.10 Å². The lowest BCUT2D eigenvalue weighted by Gasteiger charge is -2.12. The van der Waals surface area contributed by atoms with Gasteiger partial charge in [0.1, 0.15) is 5.82 Å². The second kappa shape index (κ2) is 8.81. The minimum absolute atomic E-state index is 0.163. The average molecular weight is 487 g/mol. The summed E-state index contributed by atoms with van der Waals surface area (Å²) in [6.45, 7) is 0.163. The SMILES string of the molecule is Cn1c(-c2ccc(Cn3nc(CC(=O)O)c4ccccc4c3=O)cc2)nc2cc(Cl)ccc2c1=O. The number of carboxylic acid groups (broad SMARTS) is 1. The van der Waals surface area contributed by atoms with Crippen molar-refractivity contribution in [3.05, 3.63) is 104 Å². The summed E-state index contributed by atoms with van der Waals surface area (Å²) in [4.78, 5) is 41.7. The van der Waals surface area contributed by atoms with Crippen molar-refractivity contribution in [3.8, 4) is 11.4 Å². The van der Waals surface area contributed by atoms with Crippen molar-refractivity contribution in [2.24, 2.45) is 7.05 Å². The standard InChI is InChI=1S/C26H19ClN4O4/c1-30-24(28-21-12-17(27)10-11-20(21)25(30)34)16-8-6-15(7-9-16)14-31-26(35)19-5-3-2-4-18(19)22(29-31)13-23(32)33/h2-12H,13-14H2,1H3,(H,32,33). The topological polar surface area (TPSA) is 107 Å². The van der Waals surface area contributed by atoms with Crippen LogP contribution in [0, 0.1) is 0 Å². The van der Waals surface area contributed by atoms with Crippen LogP contribution in [0.4, 0.5) is 0 Å². The highest BCUT2D eigenvalue weighted by Gasteiger charge is 2.14. The smallest absolute Gasteiger partial charge is 0.309 e. The summed E-state index contributed by atoms with van der Waals surface area (Å²) in [5.74, 6) is -0.534. The van der Waals surface area contributed by atoms with Gasteiger partial charge in [0, 0.05) is 23.0 Å². The van der Waals surface area contributed by atoms with Gasteiger partial charge in [-0.25, -0.2) is 9.67 Å². The Hall–Kier alpha value is -4.30. The van der Waals surface area contributed by atoms with E-state index in [2.05, 4.69) is 10.1 Å². The van der Waals surface area contributed by atoms with Crippen molar-refractivity contribution in [1.29, 1.82) is 0 Å². The number of aromatic nitrogens is 4. The maximum absolute atomic E-state index is 13.0. The third kappa shape index (κ3) is 4.20. The summed E-state index contributed by atoms with van der Waals surface area (Å²) in [5.41, 5.74) is 1.88. The first-order valence-corrected chi connectivity index (χ1v) is 11.2. The molecule has 5 aromatic rings. The molecule has 0 bridgehead atoms. The molecule has 5 rings (SSSR count). The fourth-order valence-electron chi connectivity index (χ4n) is 4.12. The first kappa shape index (κ1) is 22.5. The Morgan fingerprint density at radius 3 is 2.37 bits per heavy atom. The lowest BCUT2D eigenvalue weighted by Crippen LogP contribution is -2.26. The van der Waals surface area contributed by atoms with Crippen LogP contribution in [0.25, 0.3) is 33.1 Å². The van der Waals surface area contributed by atoms with E-state index in [4.69, 9.17) is 11.6 Å². The highest BCUT2D eigenvalue weighted by atomic mass is 35.5. The number of nitrogens with zero attached hydrogens (tertiary/aromatic N) is 4. The molecule has 9 heteroatoms. The molecule has 0 unspecified atom stereocenters. The number of rotatable bonds is 5. The second-order valence-corrected chi connectivity index (χ2v) is 8.62. The zero-order valence-electron chi connectivity index (χ0n) is 18.6. The summed E-state index contributed by atoms with van der Waals surface area (Å²) >= 11 is 6.08. The van der Waals surface area contributed by atoms with Crippen LogP contribution in [0.2, 0.25) is 5.02 Å². The van der Waals surface area contributed by atoms with E-state index in [1.807, 2.05) is 24.3 Å². The molecule has 0 aliphatic carbocycles. The monoisotopic (exact) mass is 486 g/mol. The molecular formula is C26H19ClN4O4. The van der Waals surface area contributed by atoms with Gasteiger partial charge in [-0.05, 0) is 29.8 Å². The van der Waals surface area contributed by atoms with Crippen LogP contribution in [0.5, 0.6) is 0 Å². The third-order valence-electron chi connectivity index (χ3n) is 5.85. The number of halogens is 1. The van der Waals surface area contributed by atoms with E-state index in [0.717, 1.165) is 11.1 Å². The molecule has 0 atom stereocenters. The molecule has 35 heavy (non-hydrogen) atoms. The van der Waals surface area contributed by atoms with Gasteiger partial charge in [0.2, 0.25) is 0 Å². The molecule has 2 heterocycles. The minimum Gasteiger partial charge on any atom is -0.481 e. The van der Waals surface area contributed by atoms with Crippen molar-refractivity contribution in [3.63, 3.8) is 0 Å². The van der Waals surface area contributed by atoms with E-state index < -0.39 is 5.97 Å². The van der Waals surface area contributed by atoms with Gasteiger partial charge < -0.3 is 5.11 Å². The maximum atomic E-state index is 13.0. The Kier molecular flexibility index (Phi) is 5.66. The highest BCUT2D eigenvalue weighted by Crippen LogP contribution is 2.21. The Morgan fingerprint density at radius 2 is 1.66 bits per heavy atom. The van der Waals surface area contributed by atoms with Crippen molar-refractivity contribution in [1.82, 2.24) is 19.3 Å². The van der Waals surface area contributed by atoms with Crippen molar-refractivity contribution in [2.45, 2.75) is 13.0 Å². The first-order chi connectivity index (χ1) is 16.8. The van der Waals surface area contributed by atoms with Crippen LogP contribution in [0.1, 0.15) is 11.3 Å². The summed E-state index contributed by atoms with van der Waals surface area (Å²) < 4.78 is 2.76. The molecular weight excluding hydrogens is 468 g/mol. The van der Waals surface area contributed by atoms with Gasteiger partial charge in [-0.3, -0.25) is 19.0 Å². The highest BCUT2D eigenvalue weighted by molar-refractivity contribution is 6.31. The molecule has 1 N–H and O–H groups in total. The van der Waals surface area contributed by atoms with Gasteiger partial charge in [0.15, 0.2) is 0 Å². The predicted octanol–water partition coefficient (Wildman–Crippen LogP) is 3.64. The zero-order chi connectivity index (χ0) is 24.7. The minimum atomic E-state index is -1.02. The van der Waals surface area contributed by atoms with Crippen LogP contribution < -0.4 is 11.1 Å². The number of aliphatic carboxylic acids is 1. The Morgan fingerprint density at radius 1 is 0.943 bits per heavy atom. The van der Waals surface area contributed by atoms with Gasteiger partial charge >= 0.3 is 5.97 Å². The Labute approximate surface area is 203 Å². The fourth-order valence-corrected chi connectivity index (χ4v) is 4.29. The number of hydrogen-bond acceptors (Lipinski definition) is 5. The molecule has 0 saturated heterocycles. The second-order valence-electron chi connectivity index (χ2n) is 8.18. The lowest BCUT2D eigenvalue weighted by molar-refractivity contribution is -0.136. The number of fused-ring (bicyclic) bond motifs is 2. The molecule has 0 radical (unpaired) electrons. The Balaban J connectivity index is 1.53. The molecule has 3 aromatic carbocycles. The molecule has 0 saturated carbocycles. The molecule has 0 amide bonds. The summed E-state index contributed by atoms with van der Waals surface area (Å²) in [6.07, 6.45) is -0.286. The molecule has 0 aliphatic rings. The lowest BCUT2D eigenvalue weighted by atomic mass is 10.1. The van der Waals surface area contributed by atoms with E-state index in [-0.39, 0.29) is 24.1 Å². The van der Waals surface area contributed by atoms with E-state index >= 15 is 0 Å². The van der Waals surface area contributed by atoms with Crippen molar-refractivity contribution >= 4 is 39.2 Å². The van der Waals surface area contributed by atoms with E-state index in [1.165, 1.54) is 9.25 Å². The molecule has 0 spiro atoms. The average Bonchev–Trinajstić information content (AvgIpc) is 2.84. The molecule has 2 aromatic heterocycles. The Bertz CT molecular complexity index is 1740. The van der Waals surface area contributed by atoms with Gasteiger partial charge in [-0.15, -0.1) is 0 Å². The van der Waals surface area contributed by atoms with Gasteiger partial charge in [0.05, 0.1) is 34.9 Å². The number of hydrogen-bond donors (Lipinski definition) is 1. The van der Waals surface area contributed by atoms with Crippen LogP contribution in [0.3, 0.4) is 0 Å². The van der Waals surface area contributed by atoms with Crippen molar-refractivity contribution < 1.29 is 9.90 Å². The van der Waals surface area contributed by atoms with Crippen LogP contribution in [-0.4, -0.2) is 30.4 Å². The quantitative estimate of drug-likeness (QED) is 0.406. The number of carboxylic acids is 1. The molecule has 8 nitrogen and oxygen atoms in total. The van der Waals surface area contributed by atoms with E-state index in [1.54, 1.807) is 49.5 Å². The summed E-state index contributed by atoms with van der Waals surface area (Å²) in [7, 11) is 1.66. The summed E-state index contributed by atoms with van der Waals surface area (Å²) in [6, 6.07) is 19.1. The van der Waals surface area contributed by atoms with E-state index in [0.29, 0.717) is 38.2 Å².